The van der Waals surface area contributed by atoms with Crippen molar-refractivity contribution in [2.45, 2.75) is 30.4 Å². The molecule has 126 valence electrons. The molecule has 0 aromatic heterocycles. The maximum Gasteiger partial charge on any atom is 0.252 e. The van der Waals surface area contributed by atoms with Crippen molar-refractivity contribution in [2.24, 2.45) is 0 Å². The molecule has 1 aromatic carbocycles. The number of hydrogen-bond acceptors (Lipinski definition) is 4. The van der Waals surface area contributed by atoms with E-state index in [2.05, 4.69) is 24.1 Å². The Kier molecular flexibility index (Phi) is 5.70. The Balaban J connectivity index is 2.09. The van der Waals surface area contributed by atoms with E-state index in [-0.39, 0.29) is 11.8 Å². The number of likely N-dealkylation sites (N-methyl/N-ethyl adjacent to an activating group) is 1. The van der Waals surface area contributed by atoms with Gasteiger partial charge in [0.15, 0.2) is 4.75 Å². The highest BCUT2D eigenvalue weighted by Crippen LogP contribution is 2.44. The number of fused-ring (bicyclic) bond motifs is 1. The van der Waals surface area contributed by atoms with E-state index in [4.69, 9.17) is 0 Å². The number of amides is 2. The lowest BCUT2D eigenvalue weighted by Gasteiger charge is -2.37. The first-order valence-electron chi connectivity index (χ1n) is 8.00. The number of anilines is 1. The average molecular weight is 335 g/mol. The third kappa shape index (κ3) is 3.53. The highest BCUT2D eigenvalue weighted by atomic mass is 32.2. The fourth-order valence-corrected chi connectivity index (χ4v) is 3.98. The van der Waals surface area contributed by atoms with Crippen LogP contribution in [0, 0.1) is 0 Å². The minimum atomic E-state index is -1.12. The zero-order valence-corrected chi connectivity index (χ0v) is 15.1. The number of carbonyl (C=O) groups is 2. The number of carbonyl (C=O) groups excluding carboxylic acids is 2. The largest absolute Gasteiger partial charge is 0.353 e. The molecule has 1 aliphatic rings. The van der Waals surface area contributed by atoms with E-state index in [1.165, 1.54) is 11.8 Å². The van der Waals surface area contributed by atoms with Gasteiger partial charge in [-0.1, -0.05) is 37.7 Å². The molecule has 0 radical (unpaired) electrons. The van der Waals surface area contributed by atoms with Crippen LogP contribution in [-0.2, 0) is 9.59 Å². The molecule has 2 amide bonds. The topological polar surface area (TPSA) is 52.7 Å². The van der Waals surface area contributed by atoms with E-state index in [0.717, 1.165) is 30.2 Å². The van der Waals surface area contributed by atoms with Crippen LogP contribution in [0.2, 0.25) is 0 Å². The van der Waals surface area contributed by atoms with E-state index >= 15 is 0 Å². The Morgan fingerprint density at radius 2 is 1.96 bits per heavy atom. The number of rotatable bonds is 6. The van der Waals surface area contributed by atoms with E-state index in [1.54, 1.807) is 18.9 Å². The Morgan fingerprint density at radius 3 is 2.61 bits per heavy atom. The van der Waals surface area contributed by atoms with Gasteiger partial charge >= 0.3 is 0 Å². The Morgan fingerprint density at radius 1 is 1.30 bits per heavy atom. The van der Waals surface area contributed by atoms with Gasteiger partial charge in [0.2, 0.25) is 5.91 Å². The highest BCUT2D eigenvalue weighted by molar-refractivity contribution is 8.02. The van der Waals surface area contributed by atoms with Gasteiger partial charge in [0.1, 0.15) is 0 Å². The third-order valence-corrected chi connectivity index (χ3v) is 5.63. The average Bonchev–Trinajstić information content (AvgIpc) is 2.56. The van der Waals surface area contributed by atoms with Gasteiger partial charge in [0, 0.05) is 25.0 Å². The fourth-order valence-electron chi connectivity index (χ4n) is 2.69. The summed E-state index contributed by atoms with van der Waals surface area (Å²) < 4.78 is -1.12. The summed E-state index contributed by atoms with van der Waals surface area (Å²) in [6.07, 6.45) is 0. The van der Waals surface area contributed by atoms with Gasteiger partial charge in [-0.3, -0.25) is 9.59 Å². The van der Waals surface area contributed by atoms with Crippen LogP contribution in [-0.4, -0.2) is 54.7 Å². The van der Waals surface area contributed by atoms with E-state index < -0.39 is 4.75 Å². The standard InChI is InChI=1S/C17H25N3O2S/c1-5-20(6-2)12-11-18-15(21)17(3)16(22)19(4)13-9-7-8-10-14(13)23-17/h7-10H,5-6,11-12H2,1-4H3,(H,18,21)/t17-/m1/s1. The molecule has 0 saturated heterocycles. The Hall–Kier alpha value is -1.53. The molecular formula is C17H25N3O2S. The molecule has 1 N–H and O–H groups in total. The first-order valence-corrected chi connectivity index (χ1v) is 8.82. The second-order valence-electron chi connectivity index (χ2n) is 5.75. The first-order chi connectivity index (χ1) is 10.9. The lowest BCUT2D eigenvalue weighted by Crippen LogP contribution is -2.56. The van der Waals surface area contributed by atoms with Crippen LogP contribution in [0.4, 0.5) is 5.69 Å². The van der Waals surface area contributed by atoms with Gasteiger partial charge < -0.3 is 15.1 Å². The van der Waals surface area contributed by atoms with Crippen LogP contribution >= 0.6 is 11.8 Å². The van der Waals surface area contributed by atoms with Crippen LogP contribution in [0.5, 0.6) is 0 Å². The summed E-state index contributed by atoms with van der Waals surface area (Å²) in [6.45, 7) is 9.15. The predicted molar refractivity (Wildman–Crippen MR) is 94.9 cm³/mol. The number of para-hydroxylation sites is 1. The molecule has 0 saturated carbocycles. The van der Waals surface area contributed by atoms with Crippen molar-refractivity contribution in [1.82, 2.24) is 10.2 Å². The Labute approximate surface area is 142 Å². The third-order valence-electron chi connectivity index (χ3n) is 4.29. The molecule has 0 bridgehead atoms. The molecule has 0 aliphatic carbocycles. The van der Waals surface area contributed by atoms with Crippen molar-refractivity contribution < 1.29 is 9.59 Å². The lowest BCUT2D eigenvalue weighted by molar-refractivity contribution is -0.131. The molecule has 0 fully saturated rings. The quantitative estimate of drug-likeness (QED) is 0.808. The maximum atomic E-state index is 12.7. The maximum absolute atomic E-state index is 12.7. The number of benzene rings is 1. The molecule has 6 heteroatoms. The summed E-state index contributed by atoms with van der Waals surface area (Å²) in [7, 11) is 1.72. The molecular weight excluding hydrogens is 310 g/mol. The molecule has 23 heavy (non-hydrogen) atoms. The summed E-state index contributed by atoms with van der Waals surface area (Å²) in [5, 5.41) is 2.92. The van der Waals surface area contributed by atoms with Crippen LogP contribution < -0.4 is 10.2 Å². The molecule has 1 heterocycles. The minimum Gasteiger partial charge on any atom is -0.353 e. The van der Waals surface area contributed by atoms with Gasteiger partial charge in [0.05, 0.1) is 5.69 Å². The van der Waals surface area contributed by atoms with Gasteiger partial charge in [-0.05, 0) is 32.1 Å². The van der Waals surface area contributed by atoms with Crippen molar-refractivity contribution in [3.8, 4) is 0 Å². The van der Waals surface area contributed by atoms with Crippen molar-refractivity contribution in [3.05, 3.63) is 24.3 Å². The molecule has 1 aromatic rings. The van der Waals surface area contributed by atoms with Crippen LogP contribution in [0.15, 0.2) is 29.2 Å². The summed E-state index contributed by atoms with van der Waals surface area (Å²) in [5.74, 6) is -0.400. The van der Waals surface area contributed by atoms with Gasteiger partial charge in [-0.25, -0.2) is 0 Å². The van der Waals surface area contributed by atoms with Crippen LogP contribution in [0.25, 0.3) is 0 Å². The first kappa shape index (κ1) is 17.8. The molecule has 0 unspecified atom stereocenters. The summed E-state index contributed by atoms with van der Waals surface area (Å²) >= 11 is 1.33. The summed E-state index contributed by atoms with van der Waals surface area (Å²) in [6, 6.07) is 7.67. The van der Waals surface area contributed by atoms with Crippen LogP contribution in [0.3, 0.4) is 0 Å². The minimum absolute atomic E-state index is 0.179. The fraction of sp³-hybridized carbons (Fsp3) is 0.529. The summed E-state index contributed by atoms with van der Waals surface area (Å²) in [4.78, 5) is 30.1. The van der Waals surface area contributed by atoms with E-state index in [0.29, 0.717) is 6.54 Å². The van der Waals surface area contributed by atoms with Gasteiger partial charge in [-0.15, -0.1) is 0 Å². The zero-order chi connectivity index (χ0) is 17.0. The Bertz CT molecular complexity index is 589. The van der Waals surface area contributed by atoms with Crippen molar-refractivity contribution in [1.29, 1.82) is 0 Å². The normalized spacial score (nSPS) is 20.6. The van der Waals surface area contributed by atoms with Crippen molar-refractivity contribution in [3.63, 3.8) is 0 Å². The second kappa shape index (κ2) is 7.36. The lowest BCUT2D eigenvalue weighted by atomic mass is 10.1. The summed E-state index contributed by atoms with van der Waals surface area (Å²) in [5.41, 5.74) is 0.857. The van der Waals surface area contributed by atoms with E-state index in [1.807, 2.05) is 24.3 Å². The van der Waals surface area contributed by atoms with Gasteiger partial charge in [0.25, 0.3) is 5.91 Å². The van der Waals surface area contributed by atoms with Gasteiger partial charge in [-0.2, -0.15) is 0 Å². The van der Waals surface area contributed by atoms with E-state index in [9.17, 15) is 9.59 Å². The predicted octanol–water partition coefficient (Wildman–Crippen LogP) is 1.97. The number of nitrogens with one attached hydrogen (secondary N) is 1. The smallest absolute Gasteiger partial charge is 0.252 e. The highest BCUT2D eigenvalue weighted by Gasteiger charge is 2.48. The van der Waals surface area contributed by atoms with Crippen LogP contribution in [0.1, 0.15) is 20.8 Å². The molecule has 0 spiro atoms. The second-order valence-corrected chi connectivity index (χ2v) is 7.21. The SMILES string of the molecule is CCN(CC)CCNC(=O)[C@@]1(C)Sc2ccccc2N(C)C1=O. The monoisotopic (exact) mass is 335 g/mol. The zero-order valence-electron chi connectivity index (χ0n) is 14.3. The molecule has 1 atom stereocenters. The number of thioether (sulfide) groups is 1. The molecule has 1 aliphatic heterocycles. The van der Waals surface area contributed by atoms with Crippen molar-refractivity contribution in [2.75, 3.05) is 38.1 Å². The number of nitrogens with zero attached hydrogens (tertiary/aromatic N) is 2. The molecule has 5 nitrogen and oxygen atoms in total. The van der Waals surface area contributed by atoms with Crippen molar-refractivity contribution >= 4 is 29.3 Å². The molecule has 2 rings (SSSR count). The number of hydrogen-bond donors (Lipinski definition) is 1.